The number of ether oxygens (including phenoxy) is 2. The number of urea groups is 1. The van der Waals surface area contributed by atoms with Crippen molar-refractivity contribution in [3.05, 3.63) is 58.0 Å². The van der Waals surface area contributed by atoms with E-state index in [2.05, 4.69) is 5.32 Å². The predicted octanol–water partition coefficient (Wildman–Crippen LogP) is 2.07. The molecule has 0 saturated carbocycles. The van der Waals surface area contributed by atoms with Crippen LogP contribution in [0.2, 0.25) is 0 Å². The number of methoxy groups -OCH3 is 1. The van der Waals surface area contributed by atoms with E-state index in [0.29, 0.717) is 25.4 Å². The van der Waals surface area contributed by atoms with Crippen molar-refractivity contribution in [2.24, 2.45) is 7.05 Å². The third-order valence-electron chi connectivity index (χ3n) is 4.81. The zero-order chi connectivity index (χ0) is 19.4. The predicted molar refractivity (Wildman–Crippen MR) is 102 cm³/mol. The van der Waals surface area contributed by atoms with E-state index in [1.807, 2.05) is 37.3 Å². The average Bonchev–Trinajstić information content (AvgIpc) is 3.13. The number of likely N-dealkylation sites (tertiary alicyclic amines) is 1. The van der Waals surface area contributed by atoms with Gasteiger partial charge in [0.2, 0.25) is 0 Å². The van der Waals surface area contributed by atoms with Gasteiger partial charge in [-0.05, 0) is 30.7 Å². The normalized spacial score (nSPS) is 16.3. The maximum Gasteiger partial charge on any atom is 0.317 e. The molecule has 1 N–H and O–H groups in total. The molecular formula is C20H25N3O4. The van der Waals surface area contributed by atoms with Crippen molar-refractivity contribution in [2.75, 3.05) is 20.2 Å². The Morgan fingerprint density at radius 2 is 1.96 bits per heavy atom. The molecule has 0 radical (unpaired) electrons. The topological polar surface area (TPSA) is 72.8 Å². The summed E-state index contributed by atoms with van der Waals surface area (Å²) in [6, 6.07) is 10.8. The third-order valence-corrected chi connectivity index (χ3v) is 4.81. The van der Waals surface area contributed by atoms with Crippen LogP contribution in [0, 0.1) is 6.92 Å². The first-order valence-electron chi connectivity index (χ1n) is 8.96. The first-order chi connectivity index (χ1) is 13.0. The van der Waals surface area contributed by atoms with Crippen LogP contribution < -0.4 is 20.3 Å². The summed E-state index contributed by atoms with van der Waals surface area (Å²) < 4.78 is 12.6. The fourth-order valence-electron chi connectivity index (χ4n) is 3.04. The van der Waals surface area contributed by atoms with Gasteiger partial charge in [-0.25, -0.2) is 4.79 Å². The molecule has 1 aliphatic rings. The number of nitrogens with zero attached hydrogens (tertiary/aromatic N) is 2. The van der Waals surface area contributed by atoms with Crippen LogP contribution >= 0.6 is 0 Å². The van der Waals surface area contributed by atoms with Gasteiger partial charge in [0.1, 0.15) is 17.6 Å². The van der Waals surface area contributed by atoms with E-state index < -0.39 is 0 Å². The number of carbonyl (C=O) groups is 1. The highest BCUT2D eigenvalue weighted by Gasteiger charge is 2.27. The summed E-state index contributed by atoms with van der Waals surface area (Å²) in [7, 11) is 3.35. The molecule has 144 valence electrons. The summed E-state index contributed by atoms with van der Waals surface area (Å²) in [5.74, 6) is 1.34. The number of aryl methyl sites for hydroxylation is 1. The number of hydrogen-bond acceptors (Lipinski definition) is 4. The van der Waals surface area contributed by atoms with E-state index in [1.165, 1.54) is 6.07 Å². The van der Waals surface area contributed by atoms with Gasteiger partial charge in [0, 0.05) is 38.3 Å². The van der Waals surface area contributed by atoms with Gasteiger partial charge in [0.15, 0.2) is 0 Å². The lowest BCUT2D eigenvalue weighted by Crippen LogP contribution is -2.39. The van der Waals surface area contributed by atoms with Gasteiger partial charge in [-0.1, -0.05) is 12.1 Å². The molecule has 1 atom stereocenters. The second kappa shape index (κ2) is 8.16. The summed E-state index contributed by atoms with van der Waals surface area (Å²) >= 11 is 0. The Labute approximate surface area is 158 Å². The van der Waals surface area contributed by atoms with Crippen LogP contribution in [0.25, 0.3) is 0 Å². The Kier molecular flexibility index (Phi) is 5.69. The molecule has 7 heteroatoms. The standard InChI is InChI=1S/C20H25N3O4/c1-14-10-18(11-19(24)22(14)2)27-17-8-9-23(13-17)20(25)21-12-15-4-6-16(26-3)7-5-15/h4-7,10-11,17H,8-9,12-13H2,1-3H3,(H,21,25). The zero-order valence-electron chi connectivity index (χ0n) is 15.9. The van der Waals surface area contributed by atoms with Crippen molar-refractivity contribution in [3.63, 3.8) is 0 Å². The van der Waals surface area contributed by atoms with Crippen molar-refractivity contribution in [2.45, 2.75) is 26.0 Å². The number of carbonyl (C=O) groups excluding carboxylic acids is 1. The van der Waals surface area contributed by atoms with Crippen molar-refractivity contribution < 1.29 is 14.3 Å². The molecule has 7 nitrogen and oxygen atoms in total. The van der Waals surface area contributed by atoms with Crippen molar-refractivity contribution >= 4 is 6.03 Å². The van der Waals surface area contributed by atoms with Crippen LogP contribution in [0.1, 0.15) is 17.7 Å². The van der Waals surface area contributed by atoms with E-state index in [4.69, 9.17) is 9.47 Å². The molecular weight excluding hydrogens is 346 g/mol. The molecule has 1 aromatic carbocycles. The van der Waals surface area contributed by atoms with Gasteiger partial charge in [-0.3, -0.25) is 4.79 Å². The van der Waals surface area contributed by atoms with Crippen LogP contribution in [-0.4, -0.2) is 41.8 Å². The van der Waals surface area contributed by atoms with Crippen molar-refractivity contribution in [1.29, 1.82) is 0 Å². The molecule has 2 aromatic rings. The minimum atomic E-state index is -0.114. The number of hydrogen-bond donors (Lipinski definition) is 1. The quantitative estimate of drug-likeness (QED) is 0.873. The van der Waals surface area contributed by atoms with E-state index in [-0.39, 0.29) is 17.7 Å². The van der Waals surface area contributed by atoms with E-state index in [0.717, 1.165) is 23.4 Å². The van der Waals surface area contributed by atoms with E-state index >= 15 is 0 Å². The van der Waals surface area contributed by atoms with Crippen LogP contribution in [-0.2, 0) is 13.6 Å². The number of pyridine rings is 1. The molecule has 1 unspecified atom stereocenters. The summed E-state index contributed by atoms with van der Waals surface area (Å²) in [5.41, 5.74) is 1.74. The molecule has 1 saturated heterocycles. The summed E-state index contributed by atoms with van der Waals surface area (Å²) in [4.78, 5) is 26.0. The molecule has 2 heterocycles. The zero-order valence-corrected chi connectivity index (χ0v) is 15.9. The molecule has 1 aliphatic heterocycles. The van der Waals surface area contributed by atoms with Gasteiger partial charge in [-0.15, -0.1) is 0 Å². The maximum atomic E-state index is 12.4. The highest BCUT2D eigenvalue weighted by atomic mass is 16.5. The van der Waals surface area contributed by atoms with E-state index in [1.54, 1.807) is 23.6 Å². The molecule has 3 rings (SSSR count). The van der Waals surface area contributed by atoms with Crippen LogP contribution in [0.15, 0.2) is 41.2 Å². The Morgan fingerprint density at radius 1 is 1.22 bits per heavy atom. The highest BCUT2D eigenvalue weighted by molar-refractivity contribution is 5.74. The first-order valence-corrected chi connectivity index (χ1v) is 8.96. The van der Waals surface area contributed by atoms with Gasteiger partial charge in [0.05, 0.1) is 13.7 Å². The lowest BCUT2D eigenvalue weighted by molar-refractivity contribution is 0.186. The summed E-state index contributed by atoms with van der Waals surface area (Å²) in [6.45, 7) is 3.45. The lowest BCUT2D eigenvalue weighted by Gasteiger charge is -2.18. The molecule has 0 aliphatic carbocycles. The van der Waals surface area contributed by atoms with Crippen molar-refractivity contribution in [3.8, 4) is 11.5 Å². The second-order valence-electron chi connectivity index (χ2n) is 6.71. The summed E-state index contributed by atoms with van der Waals surface area (Å²) in [6.07, 6.45) is 0.632. The second-order valence-corrected chi connectivity index (χ2v) is 6.71. The number of amides is 2. The third kappa shape index (κ3) is 4.61. The molecule has 1 aromatic heterocycles. The Balaban J connectivity index is 1.51. The minimum absolute atomic E-state index is 0.0999. The SMILES string of the molecule is COc1ccc(CNC(=O)N2CCC(Oc3cc(C)n(C)c(=O)c3)C2)cc1. The number of nitrogens with one attached hydrogen (secondary N) is 1. The highest BCUT2D eigenvalue weighted by Crippen LogP contribution is 2.18. The first kappa shape index (κ1) is 18.8. The lowest BCUT2D eigenvalue weighted by atomic mass is 10.2. The molecule has 0 bridgehead atoms. The molecule has 1 fully saturated rings. The number of benzene rings is 1. The maximum absolute atomic E-state index is 12.4. The minimum Gasteiger partial charge on any atom is -0.497 e. The van der Waals surface area contributed by atoms with Gasteiger partial charge in [0.25, 0.3) is 5.56 Å². The van der Waals surface area contributed by atoms with Crippen LogP contribution in [0.4, 0.5) is 4.79 Å². The Morgan fingerprint density at radius 3 is 2.63 bits per heavy atom. The summed E-state index contributed by atoms with van der Waals surface area (Å²) in [5, 5.41) is 2.93. The fourth-order valence-corrected chi connectivity index (χ4v) is 3.04. The van der Waals surface area contributed by atoms with Gasteiger partial charge >= 0.3 is 6.03 Å². The van der Waals surface area contributed by atoms with Gasteiger partial charge < -0.3 is 24.3 Å². The Hall–Kier alpha value is -2.96. The van der Waals surface area contributed by atoms with Crippen LogP contribution in [0.3, 0.4) is 0 Å². The monoisotopic (exact) mass is 371 g/mol. The molecule has 2 amide bonds. The molecule has 0 spiro atoms. The average molecular weight is 371 g/mol. The fraction of sp³-hybridized carbons (Fsp3) is 0.400. The smallest absolute Gasteiger partial charge is 0.317 e. The largest absolute Gasteiger partial charge is 0.497 e. The van der Waals surface area contributed by atoms with Crippen molar-refractivity contribution in [1.82, 2.24) is 14.8 Å². The van der Waals surface area contributed by atoms with E-state index in [9.17, 15) is 9.59 Å². The number of aromatic nitrogens is 1. The Bertz CT molecular complexity index is 861. The number of rotatable bonds is 5. The molecule has 27 heavy (non-hydrogen) atoms. The van der Waals surface area contributed by atoms with Crippen LogP contribution in [0.5, 0.6) is 11.5 Å². The van der Waals surface area contributed by atoms with Gasteiger partial charge in [-0.2, -0.15) is 0 Å².